The zero-order valence-electron chi connectivity index (χ0n) is 10.7. The summed E-state index contributed by atoms with van der Waals surface area (Å²) >= 11 is 0. The largest absolute Gasteiger partial charge is 0.352 e. The van der Waals surface area contributed by atoms with E-state index in [2.05, 4.69) is 20.8 Å². The molecule has 6 nitrogen and oxygen atoms in total. The molecule has 0 saturated heterocycles. The molecule has 1 aromatic rings. The Hall–Kier alpha value is -1.43. The summed E-state index contributed by atoms with van der Waals surface area (Å²) in [4.78, 5) is 15.7. The lowest BCUT2D eigenvalue weighted by Gasteiger charge is -2.22. The second kappa shape index (κ2) is 6.49. The van der Waals surface area contributed by atoms with Crippen molar-refractivity contribution >= 4 is 5.91 Å². The third-order valence-corrected chi connectivity index (χ3v) is 3.10. The normalized spacial score (nSPS) is 16.7. The van der Waals surface area contributed by atoms with Crippen LogP contribution in [-0.2, 0) is 11.3 Å². The molecule has 6 heteroatoms. The van der Waals surface area contributed by atoms with E-state index in [-0.39, 0.29) is 12.5 Å². The number of hydrogen-bond donors (Lipinski definition) is 2. The molecule has 18 heavy (non-hydrogen) atoms. The molecule has 1 aliphatic carbocycles. The Bertz CT molecular complexity index is 385. The first-order valence-electron chi connectivity index (χ1n) is 6.53. The minimum Gasteiger partial charge on any atom is -0.352 e. The van der Waals surface area contributed by atoms with Gasteiger partial charge in [0.1, 0.15) is 0 Å². The maximum Gasteiger partial charge on any atom is 0.240 e. The molecule has 1 amide bonds. The zero-order chi connectivity index (χ0) is 12.8. The summed E-state index contributed by atoms with van der Waals surface area (Å²) in [7, 11) is 0. The standard InChI is InChI=1S/C12H20N4O2/c1-9-14-12(18-16-9)8-13-7-11(17)15-10-5-3-2-4-6-10/h10,13H,2-8H2,1H3,(H,15,17). The van der Waals surface area contributed by atoms with Gasteiger partial charge in [0.25, 0.3) is 0 Å². The van der Waals surface area contributed by atoms with Crippen molar-refractivity contribution in [1.82, 2.24) is 20.8 Å². The summed E-state index contributed by atoms with van der Waals surface area (Å²) < 4.78 is 4.94. The topological polar surface area (TPSA) is 80.0 Å². The van der Waals surface area contributed by atoms with Gasteiger partial charge in [0.2, 0.25) is 11.8 Å². The molecule has 0 unspecified atom stereocenters. The summed E-state index contributed by atoms with van der Waals surface area (Å²) in [5, 5.41) is 9.72. The van der Waals surface area contributed by atoms with Crippen LogP contribution in [0.3, 0.4) is 0 Å². The van der Waals surface area contributed by atoms with Crippen molar-refractivity contribution in [2.45, 2.75) is 51.6 Å². The Balaban J connectivity index is 1.62. The fraction of sp³-hybridized carbons (Fsp3) is 0.750. The molecule has 0 aromatic carbocycles. The number of hydrogen-bond acceptors (Lipinski definition) is 5. The maximum absolute atomic E-state index is 11.7. The summed E-state index contributed by atoms with van der Waals surface area (Å²) in [6.07, 6.45) is 5.95. The minimum atomic E-state index is 0.0399. The van der Waals surface area contributed by atoms with Crippen molar-refractivity contribution in [2.24, 2.45) is 0 Å². The minimum absolute atomic E-state index is 0.0399. The lowest BCUT2D eigenvalue weighted by atomic mass is 9.95. The molecule has 0 bridgehead atoms. The molecule has 0 aliphatic heterocycles. The van der Waals surface area contributed by atoms with Crippen molar-refractivity contribution in [3.8, 4) is 0 Å². The number of nitrogens with one attached hydrogen (secondary N) is 2. The van der Waals surface area contributed by atoms with E-state index in [1.807, 2.05) is 0 Å². The highest BCUT2D eigenvalue weighted by atomic mass is 16.5. The van der Waals surface area contributed by atoms with Crippen LogP contribution in [0, 0.1) is 6.92 Å². The highest BCUT2D eigenvalue weighted by molar-refractivity contribution is 5.78. The number of carbonyl (C=O) groups is 1. The van der Waals surface area contributed by atoms with Gasteiger partial charge in [0, 0.05) is 6.04 Å². The zero-order valence-corrected chi connectivity index (χ0v) is 10.7. The lowest BCUT2D eigenvalue weighted by molar-refractivity contribution is -0.121. The first-order valence-corrected chi connectivity index (χ1v) is 6.53. The van der Waals surface area contributed by atoms with Crippen LogP contribution in [0.25, 0.3) is 0 Å². The smallest absolute Gasteiger partial charge is 0.240 e. The summed E-state index contributed by atoms with van der Waals surface area (Å²) in [6.45, 7) is 2.49. The van der Waals surface area contributed by atoms with Gasteiger partial charge in [-0.15, -0.1) is 0 Å². The van der Waals surface area contributed by atoms with Gasteiger partial charge in [0.15, 0.2) is 5.82 Å². The quantitative estimate of drug-likeness (QED) is 0.814. The van der Waals surface area contributed by atoms with E-state index in [0.717, 1.165) is 12.8 Å². The molecule has 100 valence electrons. The fourth-order valence-corrected chi connectivity index (χ4v) is 2.22. The summed E-state index contributed by atoms with van der Waals surface area (Å²) in [5.74, 6) is 1.16. The molecule has 1 heterocycles. The van der Waals surface area contributed by atoms with Gasteiger partial charge in [-0.25, -0.2) is 0 Å². The van der Waals surface area contributed by atoms with Crippen LogP contribution in [0.5, 0.6) is 0 Å². The van der Waals surface area contributed by atoms with E-state index >= 15 is 0 Å². The Morgan fingerprint density at radius 2 is 2.17 bits per heavy atom. The molecule has 2 N–H and O–H groups in total. The Morgan fingerprint density at radius 1 is 1.39 bits per heavy atom. The van der Waals surface area contributed by atoms with Gasteiger partial charge in [0.05, 0.1) is 13.1 Å². The van der Waals surface area contributed by atoms with Gasteiger partial charge >= 0.3 is 0 Å². The molecule has 1 saturated carbocycles. The van der Waals surface area contributed by atoms with Gasteiger partial charge < -0.3 is 9.84 Å². The fourth-order valence-electron chi connectivity index (χ4n) is 2.22. The molecule has 0 atom stereocenters. The van der Waals surface area contributed by atoms with Gasteiger partial charge in [-0.05, 0) is 19.8 Å². The van der Waals surface area contributed by atoms with E-state index < -0.39 is 0 Å². The third-order valence-electron chi connectivity index (χ3n) is 3.10. The van der Waals surface area contributed by atoms with Crippen LogP contribution in [0.15, 0.2) is 4.52 Å². The van der Waals surface area contributed by atoms with E-state index in [4.69, 9.17) is 4.52 Å². The van der Waals surface area contributed by atoms with Gasteiger partial charge in [-0.3, -0.25) is 10.1 Å². The van der Waals surface area contributed by atoms with Crippen molar-refractivity contribution in [1.29, 1.82) is 0 Å². The number of rotatable bonds is 5. The molecule has 1 aromatic heterocycles. The predicted octanol–water partition coefficient (Wildman–Crippen LogP) is 0.917. The van der Waals surface area contributed by atoms with Gasteiger partial charge in [-0.2, -0.15) is 4.98 Å². The predicted molar refractivity (Wildman–Crippen MR) is 65.8 cm³/mol. The summed E-state index contributed by atoms with van der Waals surface area (Å²) in [5.41, 5.74) is 0. The third kappa shape index (κ3) is 4.10. The Labute approximate surface area is 107 Å². The van der Waals surface area contributed by atoms with Crippen LogP contribution in [0.4, 0.5) is 0 Å². The Kier molecular flexibility index (Phi) is 4.69. The number of aromatic nitrogens is 2. The van der Waals surface area contributed by atoms with E-state index in [0.29, 0.717) is 24.3 Å². The average molecular weight is 252 g/mol. The number of aryl methyl sites for hydroxylation is 1. The second-order valence-corrected chi connectivity index (χ2v) is 4.74. The molecule has 1 aliphatic rings. The van der Waals surface area contributed by atoms with Crippen molar-refractivity contribution in [2.75, 3.05) is 6.54 Å². The van der Waals surface area contributed by atoms with E-state index in [1.54, 1.807) is 6.92 Å². The SMILES string of the molecule is Cc1noc(CNCC(=O)NC2CCCCC2)n1. The Morgan fingerprint density at radius 3 is 2.83 bits per heavy atom. The molecular weight excluding hydrogens is 232 g/mol. The molecule has 0 radical (unpaired) electrons. The van der Waals surface area contributed by atoms with Crippen LogP contribution < -0.4 is 10.6 Å². The van der Waals surface area contributed by atoms with Crippen LogP contribution >= 0.6 is 0 Å². The number of carbonyl (C=O) groups excluding carboxylic acids is 1. The first kappa shape index (κ1) is 13.0. The van der Waals surface area contributed by atoms with Crippen LogP contribution in [-0.4, -0.2) is 28.6 Å². The average Bonchev–Trinajstić information content (AvgIpc) is 2.76. The monoisotopic (exact) mass is 252 g/mol. The number of nitrogens with zero attached hydrogens (tertiary/aromatic N) is 2. The molecule has 1 fully saturated rings. The van der Waals surface area contributed by atoms with E-state index in [9.17, 15) is 4.79 Å². The lowest BCUT2D eigenvalue weighted by Crippen LogP contribution is -2.41. The molecule has 0 spiro atoms. The molecule has 2 rings (SSSR count). The van der Waals surface area contributed by atoms with E-state index in [1.165, 1.54) is 19.3 Å². The highest BCUT2D eigenvalue weighted by Gasteiger charge is 2.15. The van der Waals surface area contributed by atoms with Crippen LogP contribution in [0.2, 0.25) is 0 Å². The van der Waals surface area contributed by atoms with Gasteiger partial charge in [-0.1, -0.05) is 24.4 Å². The molecular formula is C12H20N4O2. The highest BCUT2D eigenvalue weighted by Crippen LogP contribution is 2.17. The van der Waals surface area contributed by atoms with Crippen molar-refractivity contribution in [3.05, 3.63) is 11.7 Å². The summed E-state index contributed by atoms with van der Waals surface area (Å²) in [6, 6.07) is 0.360. The number of amides is 1. The van der Waals surface area contributed by atoms with Crippen molar-refractivity contribution < 1.29 is 9.32 Å². The van der Waals surface area contributed by atoms with Crippen LogP contribution in [0.1, 0.15) is 43.8 Å². The first-order chi connectivity index (χ1) is 8.74. The van der Waals surface area contributed by atoms with Crippen molar-refractivity contribution in [3.63, 3.8) is 0 Å². The maximum atomic E-state index is 11.7. The second-order valence-electron chi connectivity index (χ2n) is 4.74.